The molecule has 3 heteroatoms. The van der Waals surface area contributed by atoms with Crippen LogP contribution in [0.5, 0.6) is 0 Å². The van der Waals surface area contributed by atoms with Crippen LogP contribution >= 0.6 is 11.6 Å². The van der Waals surface area contributed by atoms with Crippen molar-refractivity contribution >= 4 is 11.6 Å². The van der Waals surface area contributed by atoms with Gasteiger partial charge < -0.3 is 4.57 Å². The minimum absolute atomic E-state index is 0.586. The van der Waals surface area contributed by atoms with Crippen molar-refractivity contribution in [2.24, 2.45) is 0 Å². The number of aryl methyl sites for hydroxylation is 2. The van der Waals surface area contributed by atoms with Crippen molar-refractivity contribution in [1.29, 1.82) is 5.26 Å². The number of halogens is 1. The zero-order chi connectivity index (χ0) is 11.7. The molecule has 1 aromatic carbocycles. The highest BCUT2D eigenvalue weighted by Gasteiger charge is 2.08. The van der Waals surface area contributed by atoms with E-state index in [1.165, 1.54) is 0 Å². The first-order valence-electron chi connectivity index (χ1n) is 4.98. The molecule has 0 atom stereocenters. The second-order valence-corrected chi connectivity index (χ2v) is 4.16. The summed E-state index contributed by atoms with van der Waals surface area (Å²) in [7, 11) is 0. The molecule has 0 fully saturated rings. The van der Waals surface area contributed by atoms with Gasteiger partial charge in [0.2, 0.25) is 0 Å². The third kappa shape index (κ3) is 1.70. The third-order valence-electron chi connectivity index (χ3n) is 2.59. The lowest BCUT2D eigenvalue weighted by Gasteiger charge is -2.11. The molecular formula is C13H11ClN2. The molecule has 0 spiro atoms. The van der Waals surface area contributed by atoms with E-state index in [1.54, 1.807) is 12.1 Å². The molecule has 2 nitrogen and oxygen atoms in total. The van der Waals surface area contributed by atoms with Crippen LogP contribution < -0.4 is 0 Å². The Morgan fingerprint density at radius 2 is 1.75 bits per heavy atom. The van der Waals surface area contributed by atoms with Gasteiger partial charge in [-0.1, -0.05) is 11.6 Å². The van der Waals surface area contributed by atoms with Crippen molar-refractivity contribution < 1.29 is 0 Å². The van der Waals surface area contributed by atoms with Gasteiger partial charge in [-0.15, -0.1) is 0 Å². The van der Waals surface area contributed by atoms with Crippen molar-refractivity contribution in [1.82, 2.24) is 4.57 Å². The summed E-state index contributed by atoms with van der Waals surface area (Å²) >= 11 is 5.88. The van der Waals surface area contributed by atoms with Crippen molar-refractivity contribution in [3.8, 4) is 11.8 Å². The summed E-state index contributed by atoms with van der Waals surface area (Å²) in [6.45, 7) is 4.03. The number of hydrogen-bond donors (Lipinski definition) is 0. The maximum Gasteiger partial charge on any atom is 0.101 e. The minimum Gasteiger partial charge on any atom is -0.317 e. The van der Waals surface area contributed by atoms with E-state index >= 15 is 0 Å². The van der Waals surface area contributed by atoms with E-state index in [0.29, 0.717) is 10.6 Å². The Morgan fingerprint density at radius 3 is 2.31 bits per heavy atom. The van der Waals surface area contributed by atoms with Gasteiger partial charge in [0.1, 0.15) is 6.07 Å². The molecule has 1 aromatic heterocycles. The number of benzene rings is 1. The summed E-state index contributed by atoms with van der Waals surface area (Å²) < 4.78 is 2.05. The fourth-order valence-corrected chi connectivity index (χ4v) is 2.01. The molecular weight excluding hydrogens is 220 g/mol. The molecule has 80 valence electrons. The Kier molecular flexibility index (Phi) is 2.72. The lowest BCUT2D eigenvalue weighted by atomic mass is 10.2. The number of nitriles is 1. The average Bonchev–Trinajstić information content (AvgIpc) is 2.59. The summed E-state index contributed by atoms with van der Waals surface area (Å²) in [5.74, 6) is 0. The molecule has 0 aliphatic carbocycles. The van der Waals surface area contributed by atoms with Gasteiger partial charge in [-0.3, -0.25) is 0 Å². The maximum atomic E-state index is 9.10. The van der Waals surface area contributed by atoms with Crippen molar-refractivity contribution in [3.63, 3.8) is 0 Å². The van der Waals surface area contributed by atoms with E-state index in [9.17, 15) is 0 Å². The standard InChI is InChI=1S/C13H11ClN2/c1-9-3-4-10(2)16(9)13-6-5-12(14)7-11(13)8-15/h3-7H,1-2H3. The van der Waals surface area contributed by atoms with Crippen LogP contribution in [0.15, 0.2) is 30.3 Å². The molecule has 2 rings (SSSR count). The van der Waals surface area contributed by atoms with Crippen molar-refractivity contribution in [3.05, 3.63) is 52.3 Å². The lowest BCUT2D eigenvalue weighted by Crippen LogP contribution is -2.01. The van der Waals surface area contributed by atoms with Crippen LogP contribution in [0.3, 0.4) is 0 Å². The maximum absolute atomic E-state index is 9.10. The fraction of sp³-hybridized carbons (Fsp3) is 0.154. The Hall–Kier alpha value is -1.72. The normalized spacial score (nSPS) is 10.1. The smallest absolute Gasteiger partial charge is 0.101 e. The number of nitrogens with zero attached hydrogens (tertiary/aromatic N) is 2. The van der Waals surface area contributed by atoms with Crippen LogP contribution in [0.4, 0.5) is 0 Å². The van der Waals surface area contributed by atoms with Crippen LogP contribution in [-0.2, 0) is 0 Å². The second kappa shape index (κ2) is 4.03. The van der Waals surface area contributed by atoms with E-state index in [2.05, 4.69) is 10.6 Å². The Bertz CT molecular complexity index is 557. The van der Waals surface area contributed by atoms with Gasteiger partial charge >= 0.3 is 0 Å². The van der Waals surface area contributed by atoms with E-state index in [4.69, 9.17) is 16.9 Å². The molecule has 0 saturated heterocycles. The SMILES string of the molecule is Cc1ccc(C)n1-c1ccc(Cl)cc1C#N. The van der Waals surface area contributed by atoms with Gasteiger partial charge in [0, 0.05) is 16.4 Å². The van der Waals surface area contributed by atoms with E-state index < -0.39 is 0 Å². The summed E-state index contributed by atoms with van der Waals surface area (Å²) in [5, 5.41) is 9.69. The zero-order valence-corrected chi connectivity index (χ0v) is 9.92. The molecule has 0 radical (unpaired) electrons. The Morgan fingerprint density at radius 1 is 1.12 bits per heavy atom. The number of aromatic nitrogens is 1. The molecule has 0 saturated carbocycles. The summed E-state index contributed by atoms with van der Waals surface area (Å²) in [5.41, 5.74) is 3.69. The zero-order valence-electron chi connectivity index (χ0n) is 9.16. The number of rotatable bonds is 1. The van der Waals surface area contributed by atoms with Crippen LogP contribution in [0.2, 0.25) is 5.02 Å². The predicted octanol–water partition coefficient (Wildman–Crippen LogP) is 3.62. The predicted molar refractivity (Wildman–Crippen MR) is 65.0 cm³/mol. The molecule has 0 aliphatic rings. The first-order chi connectivity index (χ1) is 7.63. The highest BCUT2D eigenvalue weighted by atomic mass is 35.5. The number of hydrogen-bond acceptors (Lipinski definition) is 1. The molecule has 0 bridgehead atoms. The van der Waals surface area contributed by atoms with Crippen LogP contribution in [-0.4, -0.2) is 4.57 Å². The van der Waals surface area contributed by atoms with Crippen molar-refractivity contribution in [2.45, 2.75) is 13.8 Å². The molecule has 1 heterocycles. The topological polar surface area (TPSA) is 28.7 Å². The monoisotopic (exact) mass is 230 g/mol. The third-order valence-corrected chi connectivity index (χ3v) is 2.83. The van der Waals surface area contributed by atoms with E-state index in [0.717, 1.165) is 17.1 Å². The van der Waals surface area contributed by atoms with Crippen LogP contribution in [0.1, 0.15) is 17.0 Å². The summed E-state index contributed by atoms with van der Waals surface area (Å²) in [6, 6.07) is 11.6. The molecule has 0 amide bonds. The highest BCUT2D eigenvalue weighted by molar-refractivity contribution is 6.30. The molecule has 0 unspecified atom stereocenters. The second-order valence-electron chi connectivity index (χ2n) is 3.72. The summed E-state index contributed by atoms with van der Waals surface area (Å²) in [6.07, 6.45) is 0. The highest BCUT2D eigenvalue weighted by Crippen LogP contribution is 2.22. The van der Waals surface area contributed by atoms with Gasteiger partial charge in [-0.2, -0.15) is 5.26 Å². The fourth-order valence-electron chi connectivity index (χ4n) is 1.84. The van der Waals surface area contributed by atoms with Crippen LogP contribution in [0, 0.1) is 25.2 Å². The quantitative estimate of drug-likeness (QED) is 0.736. The molecule has 0 aliphatic heterocycles. The van der Waals surface area contributed by atoms with E-state index in [-0.39, 0.29) is 0 Å². The molecule has 16 heavy (non-hydrogen) atoms. The minimum atomic E-state index is 0.586. The largest absolute Gasteiger partial charge is 0.317 e. The first kappa shape index (κ1) is 10.8. The van der Waals surface area contributed by atoms with Crippen molar-refractivity contribution in [2.75, 3.05) is 0 Å². The van der Waals surface area contributed by atoms with Gasteiger partial charge in [0.25, 0.3) is 0 Å². The molecule has 0 N–H and O–H groups in total. The Balaban J connectivity index is 2.70. The van der Waals surface area contributed by atoms with Gasteiger partial charge in [-0.05, 0) is 44.2 Å². The average molecular weight is 231 g/mol. The first-order valence-corrected chi connectivity index (χ1v) is 5.36. The lowest BCUT2D eigenvalue weighted by molar-refractivity contribution is 0.962. The van der Waals surface area contributed by atoms with Gasteiger partial charge in [0.05, 0.1) is 11.3 Å². The van der Waals surface area contributed by atoms with E-state index in [1.807, 2.05) is 32.0 Å². The van der Waals surface area contributed by atoms with Crippen LogP contribution in [0.25, 0.3) is 5.69 Å². The van der Waals surface area contributed by atoms with Gasteiger partial charge in [-0.25, -0.2) is 0 Å². The van der Waals surface area contributed by atoms with Gasteiger partial charge in [0.15, 0.2) is 0 Å². The summed E-state index contributed by atoms with van der Waals surface area (Å²) in [4.78, 5) is 0. The molecule has 2 aromatic rings. The Labute approximate surface area is 99.7 Å².